The molecule has 0 bridgehead atoms. The zero-order chi connectivity index (χ0) is 38.5. The van der Waals surface area contributed by atoms with Crippen molar-refractivity contribution >= 4 is 19.8 Å². The minimum absolute atomic E-state index is 0.111. The van der Waals surface area contributed by atoms with Crippen LogP contribution in [0, 0.1) is 0 Å². The van der Waals surface area contributed by atoms with Crippen LogP contribution >= 0.6 is 7.82 Å². The molecule has 0 aromatic rings. The maximum atomic E-state index is 12.4. The van der Waals surface area contributed by atoms with E-state index in [1.807, 2.05) is 12.2 Å². The molecular weight excluding hydrogens is 683 g/mol. The first-order chi connectivity index (χ1) is 25.1. The molecule has 11 heteroatoms. The van der Waals surface area contributed by atoms with Gasteiger partial charge in [0.1, 0.15) is 6.61 Å². The Bertz CT molecular complexity index is 1100. The van der Waals surface area contributed by atoms with Crippen LogP contribution in [0.3, 0.4) is 0 Å². The lowest BCUT2D eigenvalue weighted by Crippen LogP contribution is -2.30. The highest BCUT2D eigenvalue weighted by atomic mass is 31.2. The van der Waals surface area contributed by atoms with Gasteiger partial charge >= 0.3 is 19.8 Å². The molecule has 298 valence electrons. The number of aliphatic hydroxyl groups is 2. The third-order valence-corrected chi connectivity index (χ3v) is 8.40. The van der Waals surface area contributed by atoms with Crippen LogP contribution < -0.4 is 0 Å². The molecule has 0 saturated carbocycles. The first-order valence-corrected chi connectivity index (χ1v) is 20.9. The van der Waals surface area contributed by atoms with Crippen LogP contribution in [0.15, 0.2) is 72.9 Å². The summed E-state index contributed by atoms with van der Waals surface area (Å²) >= 11 is 0. The molecule has 0 heterocycles. The number of carbonyl (C=O) groups is 2. The van der Waals surface area contributed by atoms with Gasteiger partial charge in [-0.25, -0.2) is 4.57 Å². The van der Waals surface area contributed by atoms with Gasteiger partial charge in [0.05, 0.1) is 18.8 Å². The fourth-order valence-electron chi connectivity index (χ4n) is 4.90. The summed E-state index contributed by atoms with van der Waals surface area (Å²) in [5, 5.41) is 20.5. The van der Waals surface area contributed by atoms with E-state index in [2.05, 4.69) is 73.1 Å². The van der Waals surface area contributed by atoms with Gasteiger partial charge in [-0.1, -0.05) is 119 Å². The summed E-state index contributed by atoms with van der Waals surface area (Å²) in [7, 11) is -4.84. The van der Waals surface area contributed by atoms with Gasteiger partial charge < -0.3 is 29.5 Å². The number of hydrogen-bond acceptors (Lipinski definition) is 8. The molecule has 0 unspecified atom stereocenters. The molecule has 0 fully saturated rings. The fourth-order valence-corrected chi connectivity index (χ4v) is 5.26. The summed E-state index contributed by atoms with van der Waals surface area (Å²) in [4.78, 5) is 42.8. The van der Waals surface area contributed by atoms with Gasteiger partial charge in [-0.05, 0) is 83.5 Å². The van der Waals surface area contributed by atoms with Crippen molar-refractivity contribution in [1.82, 2.24) is 0 Å². The normalized spacial score (nSPS) is 14.5. The molecule has 4 N–H and O–H groups in total. The van der Waals surface area contributed by atoms with Crippen LogP contribution in [0.2, 0.25) is 0 Å². The van der Waals surface area contributed by atoms with Crippen molar-refractivity contribution in [3.8, 4) is 0 Å². The molecule has 0 aliphatic heterocycles. The molecule has 0 rings (SSSR count). The molecule has 0 radical (unpaired) electrons. The first kappa shape index (κ1) is 49.4. The van der Waals surface area contributed by atoms with E-state index in [4.69, 9.17) is 19.3 Å². The van der Waals surface area contributed by atoms with Crippen LogP contribution in [0.5, 0.6) is 0 Å². The van der Waals surface area contributed by atoms with Crippen molar-refractivity contribution in [3.05, 3.63) is 72.9 Å². The predicted octanol–water partition coefficient (Wildman–Crippen LogP) is 9.45. The number of carbonyl (C=O) groups excluding carboxylic acids is 2. The predicted molar refractivity (Wildman–Crippen MR) is 209 cm³/mol. The number of unbranched alkanes of at least 4 members (excludes halogenated alkanes) is 8. The Kier molecular flexibility index (Phi) is 33.7. The highest BCUT2D eigenvalue weighted by Crippen LogP contribution is 2.36. The van der Waals surface area contributed by atoms with E-state index in [1.165, 1.54) is 19.3 Å². The molecule has 10 nitrogen and oxygen atoms in total. The van der Waals surface area contributed by atoms with Crippen LogP contribution in [-0.4, -0.2) is 63.5 Å². The lowest BCUT2D eigenvalue weighted by Gasteiger charge is -2.19. The molecule has 0 aliphatic carbocycles. The quantitative estimate of drug-likeness (QED) is 0.0216. The SMILES string of the molecule is CC/C=C\C/C=C\C/C=C\C/C=C\C[C@@H](O)[C@H](O)CCCC(=O)O[C@H](COC(=O)CCCCCCC/C=C\C/C=C\CCCCC)COP(=O)(O)O. The van der Waals surface area contributed by atoms with E-state index in [0.717, 1.165) is 70.6 Å². The lowest BCUT2D eigenvalue weighted by atomic mass is 10.0. The molecule has 52 heavy (non-hydrogen) atoms. The zero-order valence-corrected chi connectivity index (χ0v) is 32.8. The number of ether oxygens (including phenoxy) is 2. The number of aliphatic hydroxyl groups excluding tert-OH is 2. The highest BCUT2D eigenvalue weighted by molar-refractivity contribution is 7.46. The minimum atomic E-state index is -4.84. The zero-order valence-electron chi connectivity index (χ0n) is 31.9. The topological polar surface area (TPSA) is 160 Å². The second-order valence-corrected chi connectivity index (χ2v) is 14.1. The molecular formula is C41H69O10P. The van der Waals surface area contributed by atoms with Crippen molar-refractivity contribution in [2.75, 3.05) is 13.2 Å². The minimum Gasteiger partial charge on any atom is -0.462 e. The smallest absolute Gasteiger partial charge is 0.462 e. The lowest BCUT2D eigenvalue weighted by molar-refractivity contribution is -0.161. The molecule has 0 spiro atoms. The van der Waals surface area contributed by atoms with Gasteiger partial charge in [-0.2, -0.15) is 0 Å². The molecule has 0 saturated heterocycles. The Labute approximate surface area is 314 Å². The maximum Gasteiger partial charge on any atom is 0.469 e. The number of phosphoric acid groups is 1. The van der Waals surface area contributed by atoms with Gasteiger partial charge in [0.15, 0.2) is 6.10 Å². The number of rotatable bonds is 34. The van der Waals surface area contributed by atoms with Gasteiger partial charge in [-0.15, -0.1) is 0 Å². The summed E-state index contributed by atoms with van der Waals surface area (Å²) in [6.45, 7) is 3.26. The largest absolute Gasteiger partial charge is 0.469 e. The number of esters is 2. The summed E-state index contributed by atoms with van der Waals surface area (Å²) in [6, 6.07) is 0. The number of allylic oxidation sites excluding steroid dienone is 11. The van der Waals surface area contributed by atoms with E-state index in [9.17, 15) is 24.4 Å². The fraction of sp³-hybridized carbons (Fsp3) is 0.659. The summed E-state index contributed by atoms with van der Waals surface area (Å²) in [6.07, 6.45) is 37.9. The van der Waals surface area contributed by atoms with Gasteiger partial charge in [-0.3, -0.25) is 14.1 Å². The van der Waals surface area contributed by atoms with Gasteiger partial charge in [0, 0.05) is 12.8 Å². The van der Waals surface area contributed by atoms with E-state index >= 15 is 0 Å². The molecule has 0 amide bonds. The Hall–Kier alpha value is -2.59. The molecule has 3 atom stereocenters. The highest BCUT2D eigenvalue weighted by Gasteiger charge is 2.23. The standard InChI is InChI=1S/C41H69O10P/c1-3-5-7-9-11-13-15-17-18-19-21-23-25-27-29-33-40(44)49-35-37(36-50-52(46,47)48)51-41(45)34-30-32-39(43)38(42)31-28-26-24-22-20-16-14-12-10-8-6-4-2/h6,8,11-14,17-18,20,22,26,28,37-39,42-43H,3-5,7,9-10,15-16,19,21,23-25,27,29-36H2,1-2H3,(H2,46,47,48)/b8-6-,13-11-,14-12-,18-17-,22-20-,28-26-/t37-,38-,39-/m1/s1. The third kappa shape index (κ3) is 35.8. The van der Waals surface area contributed by atoms with Crippen LogP contribution in [-0.2, 0) is 28.2 Å². The maximum absolute atomic E-state index is 12.4. The van der Waals surface area contributed by atoms with E-state index < -0.39 is 51.3 Å². The van der Waals surface area contributed by atoms with E-state index in [-0.39, 0.29) is 32.1 Å². The van der Waals surface area contributed by atoms with Crippen molar-refractivity contribution in [2.45, 2.75) is 161 Å². The first-order valence-electron chi connectivity index (χ1n) is 19.4. The average molecular weight is 753 g/mol. The second-order valence-electron chi connectivity index (χ2n) is 12.8. The second kappa shape index (κ2) is 35.4. The Morgan fingerprint density at radius 1 is 0.596 bits per heavy atom. The van der Waals surface area contributed by atoms with Crippen molar-refractivity contribution in [3.63, 3.8) is 0 Å². The summed E-state index contributed by atoms with van der Waals surface area (Å²) in [5.74, 6) is -1.20. The van der Waals surface area contributed by atoms with Crippen molar-refractivity contribution in [2.24, 2.45) is 0 Å². The van der Waals surface area contributed by atoms with Crippen LogP contribution in [0.25, 0.3) is 0 Å². The molecule has 0 aliphatic rings. The van der Waals surface area contributed by atoms with Crippen molar-refractivity contribution < 1.29 is 48.2 Å². The number of phosphoric ester groups is 1. The van der Waals surface area contributed by atoms with E-state index in [0.29, 0.717) is 6.42 Å². The van der Waals surface area contributed by atoms with Gasteiger partial charge in [0.2, 0.25) is 0 Å². The summed E-state index contributed by atoms with van der Waals surface area (Å²) < 4.78 is 26.1. The van der Waals surface area contributed by atoms with E-state index in [1.54, 1.807) is 6.08 Å². The Morgan fingerprint density at radius 3 is 1.71 bits per heavy atom. The Morgan fingerprint density at radius 2 is 1.12 bits per heavy atom. The summed E-state index contributed by atoms with van der Waals surface area (Å²) in [5.41, 5.74) is 0. The monoisotopic (exact) mass is 752 g/mol. The third-order valence-electron chi connectivity index (χ3n) is 7.91. The van der Waals surface area contributed by atoms with Crippen LogP contribution in [0.1, 0.15) is 142 Å². The average Bonchev–Trinajstić information content (AvgIpc) is 3.11. The van der Waals surface area contributed by atoms with Crippen LogP contribution in [0.4, 0.5) is 0 Å². The number of hydrogen-bond donors (Lipinski definition) is 4. The molecule has 0 aromatic heterocycles. The van der Waals surface area contributed by atoms with Gasteiger partial charge in [0.25, 0.3) is 0 Å². The molecule has 0 aromatic carbocycles. The van der Waals surface area contributed by atoms with Crippen molar-refractivity contribution in [1.29, 1.82) is 0 Å². The Balaban J connectivity index is 4.26.